The first-order valence-electron chi connectivity index (χ1n) is 6.17. The maximum Gasteiger partial charge on any atom is 0.0297 e. The predicted octanol–water partition coefficient (Wildman–Crippen LogP) is 3.71. The molecule has 0 saturated heterocycles. The first-order chi connectivity index (χ1) is 7.63. The van der Waals surface area contributed by atoms with Crippen molar-refractivity contribution < 1.29 is 0 Å². The normalized spacial score (nSPS) is 23.9. The van der Waals surface area contributed by atoms with Gasteiger partial charge in [-0.2, -0.15) is 0 Å². The fourth-order valence-corrected chi connectivity index (χ4v) is 2.65. The summed E-state index contributed by atoms with van der Waals surface area (Å²) in [6, 6.07) is 7.67. The number of allylic oxidation sites excluding steroid dienone is 1. The van der Waals surface area contributed by atoms with E-state index >= 15 is 0 Å². The van der Waals surface area contributed by atoms with Crippen LogP contribution in [0.15, 0.2) is 24.8 Å². The molecule has 0 saturated carbocycles. The van der Waals surface area contributed by atoms with Crippen molar-refractivity contribution >= 4 is 5.57 Å². The number of rotatable bonds is 2. The Balaban J connectivity index is 2.48. The Kier molecular flexibility index (Phi) is 3.15. The van der Waals surface area contributed by atoms with Gasteiger partial charge in [0.1, 0.15) is 0 Å². The van der Waals surface area contributed by atoms with Crippen LogP contribution in [0.5, 0.6) is 0 Å². The first kappa shape index (κ1) is 11.4. The van der Waals surface area contributed by atoms with E-state index in [-0.39, 0.29) is 0 Å². The third kappa shape index (κ3) is 1.92. The molecule has 1 N–H and O–H groups in total. The van der Waals surface area contributed by atoms with Crippen LogP contribution >= 0.6 is 0 Å². The molecule has 1 aliphatic heterocycles. The van der Waals surface area contributed by atoms with Crippen LogP contribution in [0.3, 0.4) is 0 Å². The molecule has 2 atom stereocenters. The van der Waals surface area contributed by atoms with Crippen LogP contribution in [-0.2, 0) is 6.42 Å². The molecule has 1 heteroatoms. The quantitative estimate of drug-likeness (QED) is 0.793. The molecular formula is C15H21N. The largest absolute Gasteiger partial charge is 0.307 e. The minimum Gasteiger partial charge on any atom is -0.307 e. The van der Waals surface area contributed by atoms with E-state index < -0.39 is 0 Å². The lowest BCUT2D eigenvalue weighted by molar-refractivity contribution is 0.411. The van der Waals surface area contributed by atoms with Crippen molar-refractivity contribution in [2.45, 2.75) is 45.7 Å². The van der Waals surface area contributed by atoms with Crippen LogP contribution in [0.25, 0.3) is 5.57 Å². The predicted molar refractivity (Wildman–Crippen MR) is 70.5 cm³/mol. The molecule has 0 fully saturated rings. The van der Waals surface area contributed by atoms with Crippen LogP contribution in [0, 0.1) is 0 Å². The van der Waals surface area contributed by atoms with Gasteiger partial charge in [0, 0.05) is 12.1 Å². The van der Waals surface area contributed by atoms with Gasteiger partial charge in [-0.25, -0.2) is 0 Å². The van der Waals surface area contributed by atoms with Crippen molar-refractivity contribution in [2.75, 3.05) is 0 Å². The third-order valence-corrected chi connectivity index (χ3v) is 3.57. The van der Waals surface area contributed by atoms with Crippen molar-refractivity contribution in [3.05, 3.63) is 41.5 Å². The van der Waals surface area contributed by atoms with Gasteiger partial charge in [0.15, 0.2) is 0 Å². The van der Waals surface area contributed by atoms with Crippen molar-refractivity contribution in [1.82, 2.24) is 5.32 Å². The highest BCUT2D eigenvalue weighted by atomic mass is 15.0. The number of fused-ring (bicyclic) bond motifs is 1. The molecule has 2 rings (SSSR count). The Hall–Kier alpha value is -1.08. The Morgan fingerprint density at radius 3 is 2.88 bits per heavy atom. The second-order valence-corrected chi connectivity index (χ2v) is 4.85. The van der Waals surface area contributed by atoms with E-state index in [2.05, 4.69) is 50.9 Å². The molecule has 1 heterocycles. The van der Waals surface area contributed by atoms with E-state index in [1.807, 2.05) is 0 Å². The fourth-order valence-electron chi connectivity index (χ4n) is 2.65. The highest BCUT2D eigenvalue weighted by Gasteiger charge is 2.23. The SMILES string of the molecule is C=C(C)c1cccc2c1C[C@H](CC)N[C@H]2C. The van der Waals surface area contributed by atoms with Crippen molar-refractivity contribution in [3.8, 4) is 0 Å². The summed E-state index contributed by atoms with van der Waals surface area (Å²) in [5, 5.41) is 3.66. The number of hydrogen-bond acceptors (Lipinski definition) is 1. The third-order valence-electron chi connectivity index (χ3n) is 3.57. The Labute approximate surface area is 98.6 Å². The molecule has 1 aromatic rings. The molecule has 0 aromatic heterocycles. The van der Waals surface area contributed by atoms with E-state index in [0.29, 0.717) is 12.1 Å². The maximum absolute atomic E-state index is 4.09. The number of benzene rings is 1. The van der Waals surface area contributed by atoms with Gasteiger partial charge in [0.2, 0.25) is 0 Å². The standard InChI is InChI=1S/C15H21N/c1-5-12-9-15-13(10(2)3)7-6-8-14(15)11(4)16-12/h6-8,11-12,16H,2,5,9H2,1,3-4H3/t11-,12-/m0/s1. The molecule has 0 amide bonds. The summed E-state index contributed by atoms with van der Waals surface area (Å²) in [4.78, 5) is 0. The van der Waals surface area contributed by atoms with E-state index in [1.165, 1.54) is 28.7 Å². The van der Waals surface area contributed by atoms with Gasteiger partial charge in [0.05, 0.1) is 0 Å². The van der Waals surface area contributed by atoms with Gasteiger partial charge in [0.25, 0.3) is 0 Å². The van der Waals surface area contributed by atoms with Gasteiger partial charge in [-0.15, -0.1) is 0 Å². The summed E-state index contributed by atoms with van der Waals surface area (Å²) in [6.45, 7) is 10.7. The smallest absolute Gasteiger partial charge is 0.0297 e. The summed E-state index contributed by atoms with van der Waals surface area (Å²) in [6.07, 6.45) is 2.33. The van der Waals surface area contributed by atoms with Crippen LogP contribution in [-0.4, -0.2) is 6.04 Å². The summed E-state index contributed by atoms with van der Waals surface area (Å²) in [7, 11) is 0. The molecule has 0 bridgehead atoms. The molecule has 1 nitrogen and oxygen atoms in total. The van der Waals surface area contributed by atoms with E-state index in [1.54, 1.807) is 0 Å². The molecule has 0 unspecified atom stereocenters. The Bertz CT molecular complexity index is 406. The fraction of sp³-hybridized carbons (Fsp3) is 0.467. The Morgan fingerprint density at radius 2 is 2.25 bits per heavy atom. The molecule has 0 aliphatic carbocycles. The molecule has 0 spiro atoms. The first-order valence-corrected chi connectivity index (χ1v) is 6.17. The number of hydrogen-bond donors (Lipinski definition) is 1. The zero-order chi connectivity index (χ0) is 11.7. The van der Waals surface area contributed by atoms with Gasteiger partial charge < -0.3 is 5.32 Å². The minimum absolute atomic E-state index is 0.466. The molecule has 16 heavy (non-hydrogen) atoms. The maximum atomic E-state index is 4.09. The number of nitrogens with one attached hydrogen (secondary N) is 1. The Morgan fingerprint density at radius 1 is 1.50 bits per heavy atom. The lowest BCUT2D eigenvalue weighted by atomic mass is 9.85. The average Bonchev–Trinajstić information content (AvgIpc) is 2.28. The zero-order valence-electron chi connectivity index (χ0n) is 10.5. The van der Waals surface area contributed by atoms with Crippen LogP contribution in [0.4, 0.5) is 0 Å². The lowest BCUT2D eigenvalue weighted by Crippen LogP contribution is -2.38. The summed E-state index contributed by atoms with van der Waals surface area (Å²) < 4.78 is 0. The van der Waals surface area contributed by atoms with Crippen LogP contribution in [0.2, 0.25) is 0 Å². The summed E-state index contributed by atoms with van der Waals surface area (Å²) in [5.74, 6) is 0. The monoisotopic (exact) mass is 215 g/mol. The van der Waals surface area contributed by atoms with E-state index in [9.17, 15) is 0 Å². The highest BCUT2D eigenvalue weighted by molar-refractivity contribution is 5.66. The zero-order valence-corrected chi connectivity index (χ0v) is 10.5. The lowest BCUT2D eigenvalue weighted by Gasteiger charge is -2.32. The van der Waals surface area contributed by atoms with Gasteiger partial charge in [-0.05, 0) is 43.4 Å². The van der Waals surface area contributed by atoms with Gasteiger partial charge in [-0.1, -0.05) is 37.3 Å². The van der Waals surface area contributed by atoms with Gasteiger partial charge >= 0.3 is 0 Å². The second kappa shape index (κ2) is 4.42. The summed E-state index contributed by atoms with van der Waals surface area (Å²) >= 11 is 0. The van der Waals surface area contributed by atoms with E-state index in [4.69, 9.17) is 0 Å². The second-order valence-electron chi connectivity index (χ2n) is 4.85. The van der Waals surface area contributed by atoms with Gasteiger partial charge in [-0.3, -0.25) is 0 Å². The minimum atomic E-state index is 0.466. The molecule has 0 radical (unpaired) electrons. The van der Waals surface area contributed by atoms with Crippen LogP contribution in [0.1, 0.15) is 49.9 Å². The molecule has 1 aromatic carbocycles. The van der Waals surface area contributed by atoms with Crippen molar-refractivity contribution in [2.24, 2.45) is 0 Å². The molecular weight excluding hydrogens is 194 g/mol. The highest BCUT2D eigenvalue weighted by Crippen LogP contribution is 2.31. The van der Waals surface area contributed by atoms with Crippen molar-refractivity contribution in [3.63, 3.8) is 0 Å². The van der Waals surface area contributed by atoms with E-state index in [0.717, 1.165) is 6.42 Å². The average molecular weight is 215 g/mol. The van der Waals surface area contributed by atoms with Crippen LogP contribution < -0.4 is 5.32 Å². The molecule has 86 valence electrons. The topological polar surface area (TPSA) is 12.0 Å². The van der Waals surface area contributed by atoms with Crippen molar-refractivity contribution in [1.29, 1.82) is 0 Å². The molecule has 1 aliphatic rings. The summed E-state index contributed by atoms with van der Waals surface area (Å²) in [5.41, 5.74) is 5.49.